The highest BCUT2D eigenvalue weighted by molar-refractivity contribution is 6.37. The van der Waals surface area contributed by atoms with Crippen molar-refractivity contribution in [2.24, 2.45) is 0 Å². The fourth-order valence-corrected chi connectivity index (χ4v) is 5.12. The van der Waals surface area contributed by atoms with E-state index in [0.29, 0.717) is 39.3 Å². The van der Waals surface area contributed by atoms with Crippen LogP contribution in [0.25, 0.3) is 11.3 Å². The zero-order valence-corrected chi connectivity index (χ0v) is 22.7. The van der Waals surface area contributed by atoms with Gasteiger partial charge in [-0.05, 0) is 80.8 Å². The number of likely N-dealkylation sites (tertiary alicyclic amines) is 1. The average molecular weight is 541 g/mol. The summed E-state index contributed by atoms with van der Waals surface area (Å²) in [7, 11) is 2.07. The van der Waals surface area contributed by atoms with Crippen LogP contribution in [0.15, 0.2) is 60.7 Å². The standard InChI is InChI=1S/C31H32N4O5/c1-18-15-21(9-10-23(18)29(36)34-40-22-11-13-35(3)14-12-22)32-28(20-7-5-4-6-8-20)27-25-16-19(2)24(31(38)39)17-26(25)33-30(27)37/h4-10,15-17,22,32H,11-14H2,1-3H3,(H,33,37)(H,34,36)(H,38,39). The second kappa shape index (κ2) is 11.3. The first-order valence-corrected chi connectivity index (χ1v) is 13.2. The Bertz CT molecular complexity index is 1510. The Balaban J connectivity index is 1.44. The van der Waals surface area contributed by atoms with Crippen molar-refractivity contribution in [1.82, 2.24) is 10.4 Å². The van der Waals surface area contributed by atoms with E-state index >= 15 is 0 Å². The lowest BCUT2D eigenvalue weighted by Crippen LogP contribution is -2.38. The molecule has 0 spiro atoms. The van der Waals surface area contributed by atoms with Crippen LogP contribution >= 0.6 is 0 Å². The van der Waals surface area contributed by atoms with Crippen molar-refractivity contribution in [3.05, 3.63) is 94.0 Å². The molecule has 3 aromatic rings. The van der Waals surface area contributed by atoms with Gasteiger partial charge in [-0.25, -0.2) is 10.3 Å². The summed E-state index contributed by atoms with van der Waals surface area (Å²) in [6.07, 6.45) is 1.73. The van der Waals surface area contributed by atoms with Gasteiger partial charge in [-0.3, -0.25) is 14.4 Å². The van der Waals surface area contributed by atoms with Crippen LogP contribution in [-0.2, 0) is 9.63 Å². The molecular formula is C31H32N4O5. The number of aromatic carboxylic acids is 1. The van der Waals surface area contributed by atoms with E-state index in [1.54, 1.807) is 25.1 Å². The smallest absolute Gasteiger partial charge is 0.336 e. The Morgan fingerprint density at radius 2 is 1.68 bits per heavy atom. The molecule has 0 aliphatic carbocycles. The molecule has 9 heteroatoms. The molecule has 0 unspecified atom stereocenters. The highest BCUT2D eigenvalue weighted by atomic mass is 16.7. The van der Waals surface area contributed by atoms with Crippen molar-refractivity contribution in [3.8, 4) is 0 Å². The van der Waals surface area contributed by atoms with Gasteiger partial charge in [0.2, 0.25) is 0 Å². The fourth-order valence-electron chi connectivity index (χ4n) is 5.12. The zero-order valence-electron chi connectivity index (χ0n) is 22.7. The average Bonchev–Trinajstić information content (AvgIpc) is 3.25. The molecule has 0 atom stereocenters. The monoisotopic (exact) mass is 540 g/mol. The van der Waals surface area contributed by atoms with E-state index in [4.69, 9.17) is 4.84 Å². The molecule has 3 aromatic carbocycles. The first kappa shape index (κ1) is 27.1. The number of carboxylic acid groups (broad SMARTS) is 1. The van der Waals surface area contributed by atoms with Gasteiger partial charge in [0.15, 0.2) is 0 Å². The van der Waals surface area contributed by atoms with Gasteiger partial charge in [0.25, 0.3) is 11.8 Å². The maximum atomic E-state index is 13.2. The summed E-state index contributed by atoms with van der Waals surface area (Å²) in [6.45, 7) is 5.42. The third-order valence-electron chi connectivity index (χ3n) is 7.38. The van der Waals surface area contributed by atoms with Gasteiger partial charge in [0.05, 0.1) is 28.6 Å². The summed E-state index contributed by atoms with van der Waals surface area (Å²) < 4.78 is 0. The predicted molar refractivity (Wildman–Crippen MR) is 154 cm³/mol. The van der Waals surface area contributed by atoms with E-state index < -0.39 is 5.97 Å². The number of hydrogen-bond acceptors (Lipinski definition) is 6. The molecule has 2 heterocycles. The molecule has 40 heavy (non-hydrogen) atoms. The SMILES string of the molecule is Cc1cc2c(cc1C(=O)O)NC(=O)C2=C(Nc1ccc(C(=O)NOC2CCN(C)CC2)c(C)c1)c1ccccc1. The molecular weight excluding hydrogens is 508 g/mol. The molecule has 2 aliphatic rings. The highest BCUT2D eigenvalue weighted by Crippen LogP contribution is 2.39. The van der Waals surface area contributed by atoms with Crippen LogP contribution in [-0.4, -0.2) is 54.0 Å². The minimum Gasteiger partial charge on any atom is -0.478 e. The molecule has 0 aromatic heterocycles. The summed E-state index contributed by atoms with van der Waals surface area (Å²) in [4.78, 5) is 45.6. The number of hydrogen-bond donors (Lipinski definition) is 4. The minimum atomic E-state index is -1.05. The van der Waals surface area contributed by atoms with E-state index in [1.807, 2.05) is 43.3 Å². The van der Waals surface area contributed by atoms with Gasteiger partial charge in [0, 0.05) is 29.9 Å². The Morgan fingerprint density at radius 3 is 2.35 bits per heavy atom. The number of fused-ring (bicyclic) bond motifs is 1. The van der Waals surface area contributed by atoms with Crippen LogP contribution in [0.5, 0.6) is 0 Å². The topological polar surface area (TPSA) is 120 Å². The number of amides is 2. The molecule has 1 saturated heterocycles. The summed E-state index contributed by atoms with van der Waals surface area (Å²) >= 11 is 0. The van der Waals surface area contributed by atoms with Crippen LogP contribution in [0.2, 0.25) is 0 Å². The Kier molecular flexibility index (Phi) is 7.68. The summed E-state index contributed by atoms with van der Waals surface area (Å²) in [5.41, 5.74) is 8.07. The van der Waals surface area contributed by atoms with Gasteiger partial charge in [0.1, 0.15) is 0 Å². The first-order valence-electron chi connectivity index (χ1n) is 13.2. The minimum absolute atomic E-state index is 0.00268. The molecule has 0 saturated carbocycles. The molecule has 2 aliphatic heterocycles. The molecule has 0 radical (unpaired) electrons. The predicted octanol–water partition coefficient (Wildman–Crippen LogP) is 4.69. The van der Waals surface area contributed by atoms with E-state index in [2.05, 4.69) is 28.1 Å². The van der Waals surface area contributed by atoms with E-state index in [0.717, 1.165) is 37.1 Å². The second-order valence-electron chi connectivity index (χ2n) is 10.3. The molecule has 2 amide bonds. The van der Waals surface area contributed by atoms with Gasteiger partial charge in [-0.2, -0.15) is 0 Å². The van der Waals surface area contributed by atoms with Crippen LogP contribution in [0.3, 0.4) is 0 Å². The Labute approximate surface area is 232 Å². The van der Waals surface area contributed by atoms with Gasteiger partial charge in [-0.1, -0.05) is 30.3 Å². The number of rotatable bonds is 7. The maximum absolute atomic E-state index is 13.2. The number of aryl methyl sites for hydroxylation is 2. The molecule has 5 rings (SSSR count). The Morgan fingerprint density at radius 1 is 0.975 bits per heavy atom. The first-order chi connectivity index (χ1) is 19.2. The van der Waals surface area contributed by atoms with E-state index in [-0.39, 0.29) is 23.5 Å². The van der Waals surface area contributed by atoms with E-state index in [9.17, 15) is 19.5 Å². The van der Waals surface area contributed by atoms with Crippen molar-refractivity contribution < 1.29 is 24.3 Å². The molecule has 206 valence electrons. The number of anilines is 2. The number of carboxylic acids is 1. The van der Waals surface area contributed by atoms with Gasteiger partial charge in [-0.15, -0.1) is 0 Å². The molecule has 9 nitrogen and oxygen atoms in total. The lowest BCUT2D eigenvalue weighted by molar-refractivity contribution is -0.110. The summed E-state index contributed by atoms with van der Waals surface area (Å²) in [5.74, 6) is -1.69. The number of hydroxylamine groups is 1. The number of nitrogens with one attached hydrogen (secondary N) is 3. The number of carbonyl (C=O) groups is 3. The van der Waals surface area contributed by atoms with Crippen LogP contribution in [0, 0.1) is 13.8 Å². The fraction of sp³-hybridized carbons (Fsp3) is 0.258. The molecule has 0 bridgehead atoms. The number of benzene rings is 3. The lowest BCUT2D eigenvalue weighted by Gasteiger charge is -2.28. The lowest BCUT2D eigenvalue weighted by atomic mass is 9.96. The second-order valence-corrected chi connectivity index (χ2v) is 10.3. The third-order valence-corrected chi connectivity index (χ3v) is 7.38. The number of nitrogens with zero attached hydrogens (tertiary/aromatic N) is 1. The molecule has 4 N–H and O–H groups in total. The Hall–Kier alpha value is -4.47. The number of piperidine rings is 1. The summed E-state index contributed by atoms with van der Waals surface area (Å²) in [5, 5.41) is 15.7. The summed E-state index contributed by atoms with van der Waals surface area (Å²) in [6, 6.07) is 18.0. The third kappa shape index (κ3) is 5.61. The highest BCUT2D eigenvalue weighted by Gasteiger charge is 2.30. The van der Waals surface area contributed by atoms with Crippen LogP contribution in [0.4, 0.5) is 11.4 Å². The normalized spacial score (nSPS) is 16.7. The van der Waals surface area contributed by atoms with Crippen LogP contribution < -0.4 is 16.1 Å². The van der Waals surface area contributed by atoms with Crippen molar-refractivity contribution >= 4 is 40.4 Å². The zero-order chi connectivity index (χ0) is 28.4. The largest absolute Gasteiger partial charge is 0.478 e. The van der Waals surface area contributed by atoms with Crippen LogP contribution in [0.1, 0.15) is 55.8 Å². The number of carbonyl (C=O) groups excluding carboxylic acids is 2. The van der Waals surface area contributed by atoms with Crippen molar-refractivity contribution in [2.75, 3.05) is 30.8 Å². The van der Waals surface area contributed by atoms with Gasteiger partial charge >= 0.3 is 5.97 Å². The molecule has 1 fully saturated rings. The quantitative estimate of drug-likeness (QED) is 0.254. The van der Waals surface area contributed by atoms with Gasteiger partial charge < -0.3 is 20.6 Å². The van der Waals surface area contributed by atoms with E-state index in [1.165, 1.54) is 6.07 Å². The van der Waals surface area contributed by atoms with Crippen molar-refractivity contribution in [1.29, 1.82) is 0 Å². The van der Waals surface area contributed by atoms with Crippen molar-refractivity contribution in [2.45, 2.75) is 32.8 Å². The maximum Gasteiger partial charge on any atom is 0.336 e. The van der Waals surface area contributed by atoms with Crippen molar-refractivity contribution in [3.63, 3.8) is 0 Å².